The molecule has 5 nitrogen and oxygen atoms in total. The molecule has 0 bridgehead atoms. The molecule has 2 amide bonds. The van der Waals surface area contributed by atoms with E-state index in [1.54, 1.807) is 55.6 Å². The van der Waals surface area contributed by atoms with E-state index in [4.69, 9.17) is 4.74 Å². The van der Waals surface area contributed by atoms with Gasteiger partial charge in [0, 0.05) is 11.8 Å². The highest BCUT2D eigenvalue weighted by Crippen LogP contribution is 2.20. The molecular formula is C15H14N2O3. The molecule has 0 saturated heterocycles. The molecule has 0 unspecified atom stereocenters. The molecule has 2 aromatic rings. The average molecular weight is 270 g/mol. The molecule has 2 rings (SSSR count). The first-order chi connectivity index (χ1) is 9.74. The number of benzene rings is 2. The van der Waals surface area contributed by atoms with Crippen molar-refractivity contribution in [3.05, 3.63) is 54.1 Å². The minimum Gasteiger partial charge on any atom is -0.497 e. The standard InChI is InChI=1S/C15H14N2O3/c1-20-12-6-4-5-11(9-12)17-15(19)13-7-2-3-8-14(13)16-10-18/h2-10H,1H3,(H,16,18)(H,17,19). The van der Waals surface area contributed by atoms with E-state index in [9.17, 15) is 9.59 Å². The number of methoxy groups -OCH3 is 1. The van der Waals surface area contributed by atoms with E-state index in [1.807, 2.05) is 0 Å². The largest absolute Gasteiger partial charge is 0.497 e. The van der Waals surface area contributed by atoms with E-state index < -0.39 is 0 Å². The van der Waals surface area contributed by atoms with Gasteiger partial charge in [-0.05, 0) is 24.3 Å². The second-order valence-corrected chi connectivity index (χ2v) is 3.99. The van der Waals surface area contributed by atoms with Gasteiger partial charge in [0.05, 0.1) is 18.4 Å². The lowest BCUT2D eigenvalue weighted by Gasteiger charge is -2.10. The van der Waals surface area contributed by atoms with Crippen molar-refractivity contribution >= 4 is 23.7 Å². The molecule has 0 aliphatic carbocycles. The zero-order chi connectivity index (χ0) is 14.4. The molecule has 0 heterocycles. The fourth-order valence-corrected chi connectivity index (χ4v) is 1.77. The summed E-state index contributed by atoms with van der Waals surface area (Å²) >= 11 is 0. The van der Waals surface area contributed by atoms with Crippen molar-refractivity contribution in [3.63, 3.8) is 0 Å². The summed E-state index contributed by atoms with van der Waals surface area (Å²) in [4.78, 5) is 22.7. The maximum Gasteiger partial charge on any atom is 0.257 e. The Morgan fingerprint density at radius 2 is 1.95 bits per heavy atom. The molecule has 2 aromatic carbocycles. The highest BCUT2D eigenvalue weighted by molar-refractivity contribution is 6.09. The van der Waals surface area contributed by atoms with Gasteiger partial charge in [-0.15, -0.1) is 0 Å². The fraction of sp³-hybridized carbons (Fsp3) is 0.0667. The number of hydrogen-bond acceptors (Lipinski definition) is 3. The van der Waals surface area contributed by atoms with Gasteiger partial charge >= 0.3 is 0 Å². The number of anilines is 2. The Labute approximate surface area is 116 Å². The van der Waals surface area contributed by atoms with E-state index >= 15 is 0 Å². The maximum atomic E-state index is 12.2. The zero-order valence-corrected chi connectivity index (χ0v) is 10.9. The van der Waals surface area contributed by atoms with Crippen LogP contribution in [0.1, 0.15) is 10.4 Å². The minimum atomic E-state index is -0.303. The van der Waals surface area contributed by atoms with Crippen LogP contribution in [0.5, 0.6) is 5.75 Å². The van der Waals surface area contributed by atoms with Gasteiger partial charge in [-0.25, -0.2) is 0 Å². The SMILES string of the molecule is COc1cccc(NC(=O)c2ccccc2NC=O)c1. The Hall–Kier alpha value is -2.82. The molecule has 0 radical (unpaired) electrons. The van der Waals surface area contributed by atoms with E-state index in [2.05, 4.69) is 10.6 Å². The van der Waals surface area contributed by atoms with Crippen LogP contribution in [0.25, 0.3) is 0 Å². The number of hydrogen-bond donors (Lipinski definition) is 2. The predicted molar refractivity (Wildman–Crippen MR) is 77.1 cm³/mol. The number of para-hydroxylation sites is 1. The van der Waals surface area contributed by atoms with E-state index in [-0.39, 0.29) is 5.91 Å². The summed E-state index contributed by atoms with van der Waals surface area (Å²) in [5, 5.41) is 5.26. The summed E-state index contributed by atoms with van der Waals surface area (Å²) in [6, 6.07) is 13.8. The molecule has 0 saturated carbocycles. The third-order valence-corrected chi connectivity index (χ3v) is 2.71. The van der Waals surface area contributed by atoms with Gasteiger partial charge < -0.3 is 15.4 Å². The summed E-state index contributed by atoms with van der Waals surface area (Å²) in [5.74, 6) is 0.352. The van der Waals surface area contributed by atoms with Crippen molar-refractivity contribution in [1.82, 2.24) is 0 Å². The topological polar surface area (TPSA) is 67.4 Å². The molecule has 0 spiro atoms. The summed E-state index contributed by atoms with van der Waals surface area (Å²) in [5.41, 5.74) is 1.47. The fourth-order valence-electron chi connectivity index (χ4n) is 1.77. The molecule has 0 fully saturated rings. The Balaban J connectivity index is 2.21. The minimum absolute atomic E-state index is 0.303. The number of rotatable bonds is 5. The molecule has 0 aliphatic heterocycles. The smallest absolute Gasteiger partial charge is 0.257 e. The summed E-state index contributed by atoms with van der Waals surface area (Å²) in [7, 11) is 1.56. The average Bonchev–Trinajstić information content (AvgIpc) is 2.48. The Morgan fingerprint density at radius 1 is 1.15 bits per heavy atom. The molecule has 0 aliphatic rings. The van der Waals surface area contributed by atoms with E-state index in [1.165, 1.54) is 0 Å². The van der Waals surface area contributed by atoms with Crippen LogP contribution in [-0.4, -0.2) is 19.4 Å². The second-order valence-electron chi connectivity index (χ2n) is 3.99. The molecule has 2 N–H and O–H groups in total. The van der Waals surface area contributed by atoms with Crippen molar-refractivity contribution in [1.29, 1.82) is 0 Å². The summed E-state index contributed by atoms with van der Waals surface area (Å²) in [6.45, 7) is 0. The second kappa shape index (κ2) is 6.38. The van der Waals surface area contributed by atoms with Crippen LogP contribution in [0.3, 0.4) is 0 Å². The first kappa shape index (κ1) is 13.6. The molecule has 20 heavy (non-hydrogen) atoms. The summed E-state index contributed by atoms with van der Waals surface area (Å²) < 4.78 is 5.09. The highest BCUT2D eigenvalue weighted by Gasteiger charge is 2.11. The number of ether oxygens (including phenoxy) is 1. The lowest BCUT2D eigenvalue weighted by molar-refractivity contribution is -0.105. The Kier molecular flexibility index (Phi) is 4.34. The van der Waals surface area contributed by atoms with Gasteiger partial charge in [-0.3, -0.25) is 9.59 Å². The molecule has 5 heteroatoms. The van der Waals surface area contributed by atoms with Crippen LogP contribution in [0.4, 0.5) is 11.4 Å². The van der Waals surface area contributed by atoms with Crippen LogP contribution in [-0.2, 0) is 4.79 Å². The van der Waals surface area contributed by atoms with E-state index in [0.717, 1.165) is 0 Å². The van der Waals surface area contributed by atoms with Gasteiger partial charge in [0.1, 0.15) is 5.75 Å². The molecule has 102 valence electrons. The summed E-state index contributed by atoms with van der Waals surface area (Å²) in [6.07, 6.45) is 0.539. The molecule has 0 aromatic heterocycles. The van der Waals surface area contributed by atoms with Gasteiger partial charge in [-0.1, -0.05) is 18.2 Å². The monoisotopic (exact) mass is 270 g/mol. The lowest BCUT2D eigenvalue weighted by atomic mass is 10.1. The van der Waals surface area contributed by atoms with E-state index in [0.29, 0.717) is 29.1 Å². The highest BCUT2D eigenvalue weighted by atomic mass is 16.5. The maximum absolute atomic E-state index is 12.2. The first-order valence-electron chi connectivity index (χ1n) is 5.99. The van der Waals surface area contributed by atoms with Crippen LogP contribution in [0, 0.1) is 0 Å². The lowest BCUT2D eigenvalue weighted by Crippen LogP contribution is -2.14. The van der Waals surface area contributed by atoms with Gasteiger partial charge in [0.15, 0.2) is 0 Å². The third kappa shape index (κ3) is 3.14. The predicted octanol–water partition coefficient (Wildman–Crippen LogP) is 2.52. The van der Waals surface area contributed by atoms with Gasteiger partial charge in [-0.2, -0.15) is 0 Å². The Bertz CT molecular complexity index is 626. The number of carbonyl (C=O) groups is 2. The van der Waals surface area contributed by atoms with Crippen LogP contribution < -0.4 is 15.4 Å². The van der Waals surface area contributed by atoms with Crippen LogP contribution in [0.15, 0.2) is 48.5 Å². The number of nitrogens with one attached hydrogen (secondary N) is 2. The number of amides is 2. The Morgan fingerprint density at radius 3 is 2.70 bits per heavy atom. The first-order valence-corrected chi connectivity index (χ1v) is 5.99. The van der Waals surface area contributed by atoms with Crippen molar-refractivity contribution in [3.8, 4) is 5.75 Å². The quantitative estimate of drug-likeness (QED) is 0.820. The zero-order valence-electron chi connectivity index (χ0n) is 10.9. The van der Waals surface area contributed by atoms with Gasteiger partial charge in [0.2, 0.25) is 6.41 Å². The third-order valence-electron chi connectivity index (χ3n) is 2.71. The van der Waals surface area contributed by atoms with Crippen LogP contribution >= 0.6 is 0 Å². The van der Waals surface area contributed by atoms with Crippen molar-refractivity contribution in [2.45, 2.75) is 0 Å². The van der Waals surface area contributed by atoms with Gasteiger partial charge in [0.25, 0.3) is 5.91 Å². The normalized spacial score (nSPS) is 9.65. The van der Waals surface area contributed by atoms with Crippen molar-refractivity contribution < 1.29 is 14.3 Å². The molecule has 0 atom stereocenters. The number of carbonyl (C=O) groups excluding carboxylic acids is 2. The van der Waals surface area contributed by atoms with Crippen LogP contribution in [0.2, 0.25) is 0 Å². The van der Waals surface area contributed by atoms with Crippen molar-refractivity contribution in [2.24, 2.45) is 0 Å². The molecular weight excluding hydrogens is 256 g/mol. The van der Waals surface area contributed by atoms with Crippen molar-refractivity contribution in [2.75, 3.05) is 17.7 Å².